The van der Waals surface area contributed by atoms with E-state index in [4.69, 9.17) is 15.3 Å². The van der Waals surface area contributed by atoms with Gasteiger partial charge >= 0.3 is 0 Å². The van der Waals surface area contributed by atoms with Gasteiger partial charge in [0.25, 0.3) is 0 Å². The van der Waals surface area contributed by atoms with Crippen molar-refractivity contribution in [3.63, 3.8) is 0 Å². The maximum Gasteiger partial charge on any atom is 0.0689 e. The molecule has 0 radical (unpaired) electrons. The largest absolute Gasteiger partial charge is 0.356 e. The summed E-state index contributed by atoms with van der Waals surface area (Å²) in [7, 11) is 0. The van der Waals surface area contributed by atoms with Crippen LogP contribution in [0.2, 0.25) is 0 Å². The van der Waals surface area contributed by atoms with Crippen molar-refractivity contribution in [1.82, 2.24) is 24.6 Å². The second-order valence-corrected chi connectivity index (χ2v) is 0.224. The summed E-state index contributed by atoms with van der Waals surface area (Å²) >= 11 is 0. The summed E-state index contributed by atoms with van der Waals surface area (Å²) in [5, 5.41) is 14.8. The molecule has 0 aromatic carbocycles. The minimum absolute atomic E-state index is 0. The molecule has 9 heteroatoms. The van der Waals surface area contributed by atoms with Crippen LogP contribution in [0.5, 0.6) is 0 Å². The maximum atomic E-state index is 8.25. The van der Waals surface area contributed by atoms with Crippen LogP contribution in [-0.2, 0) is 26.2 Å². The molecule has 0 aromatic heterocycles. The molecule has 0 amide bonds. The third kappa shape index (κ3) is 47000. The van der Waals surface area contributed by atoms with Crippen molar-refractivity contribution in [2.75, 3.05) is 0 Å². The van der Waals surface area contributed by atoms with Gasteiger partial charge in [0.15, 0.2) is 0 Å². The SMILES string of the molecule is N.N.N.N.O=[N+]([O-])[O-].[Zr]. The molecule has 0 heterocycles. The average Bonchev–Trinajstić information content (AvgIpc) is 0.811. The van der Waals surface area contributed by atoms with Crippen molar-refractivity contribution >= 4 is 0 Å². The molecule has 0 saturated heterocycles. The van der Waals surface area contributed by atoms with Crippen LogP contribution in [0, 0.1) is 15.3 Å². The zero-order valence-electron chi connectivity index (χ0n) is 5.00. The van der Waals surface area contributed by atoms with Crippen LogP contribution in [0.1, 0.15) is 0 Å². The van der Waals surface area contributed by atoms with Gasteiger partial charge in [-0.05, 0) is 0 Å². The van der Waals surface area contributed by atoms with Gasteiger partial charge < -0.3 is 39.9 Å². The second kappa shape index (κ2) is 44.4. The molecule has 0 rings (SSSR count). The Kier molecular flexibility index (Phi) is 324. The van der Waals surface area contributed by atoms with Crippen LogP contribution < -0.4 is 24.6 Å². The minimum atomic E-state index is -1.75. The van der Waals surface area contributed by atoms with Gasteiger partial charge in [0.05, 0.1) is 5.09 Å². The van der Waals surface area contributed by atoms with E-state index in [-0.39, 0.29) is 50.8 Å². The first kappa shape index (κ1) is 65.6. The molecule has 0 aliphatic heterocycles. The normalized spacial score (nSPS) is 2.67. The first-order valence-corrected chi connectivity index (χ1v) is 0.548. The fourth-order valence-corrected chi connectivity index (χ4v) is 0. The van der Waals surface area contributed by atoms with E-state index in [2.05, 4.69) is 0 Å². The number of nitrogens with zero attached hydrogens (tertiary/aromatic N) is 1. The molecule has 9 heavy (non-hydrogen) atoms. The zero-order valence-corrected chi connectivity index (χ0v) is 7.46. The fourth-order valence-electron chi connectivity index (χ4n) is 0. The Morgan fingerprint density at radius 2 is 0.889 bits per heavy atom. The van der Waals surface area contributed by atoms with Crippen molar-refractivity contribution in [1.29, 1.82) is 0 Å². The zero-order chi connectivity index (χ0) is 3.58. The van der Waals surface area contributed by atoms with Crippen LogP contribution in [0.3, 0.4) is 0 Å². The molecule has 0 aromatic rings. The standard InChI is InChI=1S/NO3.4H3N.Zr/c2-1(3)4;;;;;/h;4*1H3;/q-1;;;;;. The van der Waals surface area contributed by atoms with Gasteiger partial charge in [-0.1, -0.05) is 0 Å². The predicted molar refractivity (Wildman–Crippen MR) is 30.4 cm³/mol. The van der Waals surface area contributed by atoms with E-state index in [1.54, 1.807) is 0 Å². The first-order chi connectivity index (χ1) is 1.73. The Hall–Kier alpha value is -0.0769. The monoisotopic (exact) mass is 220 g/mol. The Morgan fingerprint density at radius 1 is 0.889 bits per heavy atom. The Morgan fingerprint density at radius 3 is 0.889 bits per heavy atom. The minimum Gasteiger partial charge on any atom is -0.356 e. The predicted octanol–water partition coefficient (Wildman–Crippen LogP) is 0.406. The van der Waals surface area contributed by atoms with Gasteiger partial charge in [-0.15, -0.1) is 0 Å². The van der Waals surface area contributed by atoms with Crippen LogP contribution >= 0.6 is 0 Å². The number of hydrogen-bond donors (Lipinski definition) is 4. The Labute approximate surface area is 71.6 Å². The van der Waals surface area contributed by atoms with Crippen LogP contribution in [-0.4, -0.2) is 5.09 Å². The molecule has 0 fully saturated rings. The van der Waals surface area contributed by atoms with E-state index in [0.29, 0.717) is 0 Å². The Bertz CT molecular complexity index is 35.2. The van der Waals surface area contributed by atoms with Crippen molar-refractivity contribution in [3.05, 3.63) is 15.3 Å². The summed E-state index contributed by atoms with van der Waals surface area (Å²) in [6, 6.07) is 0. The van der Waals surface area contributed by atoms with Crippen molar-refractivity contribution < 1.29 is 31.3 Å². The summed E-state index contributed by atoms with van der Waals surface area (Å²) < 4.78 is 0. The average molecular weight is 221 g/mol. The molecule has 0 saturated carbocycles. The molecule has 0 atom stereocenters. The van der Waals surface area contributed by atoms with Crippen LogP contribution in [0.25, 0.3) is 0 Å². The van der Waals surface area contributed by atoms with Gasteiger partial charge in [-0.3, -0.25) is 0 Å². The summed E-state index contributed by atoms with van der Waals surface area (Å²) in [5.41, 5.74) is 0. The van der Waals surface area contributed by atoms with E-state index in [1.807, 2.05) is 0 Å². The molecule has 0 bridgehead atoms. The fraction of sp³-hybridized carbons (Fsp3) is 0. The molecule has 0 aliphatic carbocycles. The van der Waals surface area contributed by atoms with Crippen LogP contribution in [0.4, 0.5) is 0 Å². The number of hydrogen-bond acceptors (Lipinski definition) is 7. The summed E-state index contributed by atoms with van der Waals surface area (Å²) in [6.45, 7) is 0. The quantitative estimate of drug-likeness (QED) is 0.334. The molecule has 8 nitrogen and oxygen atoms in total. The van der Waals surface area contributed by atoms with Gasteiger partial charge in [-0.25, -0.2) is 0 Å². The third-order valence-corrected chi connectivity index (χ3v) is 0. The molecular weight excluding hydrogens is 209 g/mol. The topological polar surface area (TPSA) is 206 Å². The van der Waals surface area contributed by atoms with E-state index in [9.17, 15) is 0 Å². The molecule has 12 N–H and O–H groups in total. The molecule has 60 valence electrons. The van der Waals surface area contributed by atoms with Gasteiger partial charge in [0, 0.05) is 26.2 Å². The van der Waals surface area contributed by atoms with Crippen molar-refractivity contribution in [2.45, 2.75) is 0 Å². The summed E-state index contributed by atoms with van der Waals surface area (Å²) in [4.78, 5) is 8.25. The molecule has 0 spiro atoms. The smallest absolute Gasteiger partial charge is 0.0689 e. The van der Waals surface area contributed by atoms with Gasteiger partial charge in [0.1, 0.15) is 0 Å². The second-order valence-electron chi connectivity index (χ2n) is 0.224. The van der Waals surface area contributed by atoms with Gasteiger partial charge in [0.2, 0.25) is 0 Å². The van der Waals surface area contributed by atoms with Crippen molar-refractivity contribution in [2.24, 2.45) is 0 Å². The number of rotatable bonds is 0. The van der Waals surface area contributed by atoms with Crippen LogP contribution in [0.15, 0.2) is 0 Å². The van der Waals surface area contributed by atoms with E-state index >= 15 is 0 Å². The van der Waals surface area contributed by atoms with Gasteiger partial charge in [-0.2, -0.15) is 0 Å². The van der Waals surface area contributed by atoms with E-state index in [0.717, 1.165) is 0 Å². The third-order valence-electron chi connectivity index (χ3n) is 0. The Balaban J connectivity index is -0.00000000450. The summed E-state index contributed by atoms with van der Waals surface area (Å²) in [6.07, 6.45) is 0. The maximum absolute atomic E-state index is 8.25. The van der Waals surface area contributed by atoms with E-state index in [1.165, 1.54) is 0 Å². The molecule has 0 unspecified atom stereocenters. The molecule has 0 aliphatic rings. The first-order valence-electron chi connectivity index (χ1n) is 0.548. The summed E-state index contributed by atoms with van der Waals surface area (Å²) in [5.74, 6) is 0. The van der Waals surface area contributed by atoms with Crippen molar-refractivity contribution in [3.8, 4) is 0 Å². The van der Waals surface area contributed by atoms with E-state index < -0.39 is 5.09 Å². The molecular formula is H12N5O3Zr-.